The molecule has 2 aliphatic heterocycles. The third kappa shape index (κ3) is 5.32. The average molecular weight is 477 g/mol. The zero-order chi connectivity index (χ0) is 24.2. The number of ether oxygens (including phenoxy) is 5. The Morgan fingerprint density at radius 3 is 2.71 bits per heavy atom. The van der Waals surface area contributed by atoms with Gasteiger partial charge in [-0.3, -0.25) is 14.2 Å². The topological polar surface area (TPSA) is 167 Å². The number of anilines is 1. The van der Waals surface area contributed by atoms with Crippen LogP contribution in [0.25, 0.3) is 11.2 Å². The maximum Gasteiger partial charge on any atom is 0.306 e. The summed E-state index contributed by atoms with van der Waals surface area (Å²) >= 11 is 0. The lowest BCUT2D eigenvalue weighted by Crippen LogP contribution is -2.41. The summed E-state index contributed by atoms with van der Waals surface area (Å²) in [5.74, 6) is -1.03. The van der Waals surface area contributed by atoms with E-state index in [0.717, 1.165) is 6.42 Å². The van der Waals surface area contributed by atoms with Gasteiger partial charge < -0.3 is 34.2 Å². The molecule has 2 fully saturated rings. The molecule has 2 N–H and O–H groups in total. The monoisotopic (exact) mass is 477 g/mol. The number of imidazole rings is 1. The van der Waals surface area contributed by atoms with Crippen molar-refractivity contribution in [3.63, 3.8) is 0 Å². The maximum atomic E-state index is 12.1. The summed E-state index contributed by atoms with van der Waals surface area (Å²) in [5, 5.41) is 0. The molecule has 0 saturated carbocycles. The predicted molar refractivity (Wildman–Crippen MR) is 114 cm³/mol. The van der Waals surface area contributed by atoms with Gasteiger partial charge >= 0.3 is 11.9 Å². The van der Waals surface area contributed by atoms with Crippen molar-refractivity contribution >= 4 is 34.7 Å². The van der Waals surface area contributed by atoms with Crippen molar-refractivity contribution in [2.75, 3.05) is 18.9 Å². The molecule has 0 aromatic carbocycles. The molecule has 4 rings (SSSR count). The van der Waals surface area contributed by atoms with Gasteiger partial charge in [0.05, 0.1) is 12.7 Å². The van der Waals surface area contributed by atoms with Gasteiger partial charge in [-0.15, -0.1) is 0 Å². The van der Waals surface area contributed by atoms with E-state index < -0.39 is 42.8 Å². The Morgan fingerprint density at radius 1 is 1.18 bits per heavy atom. The van der Waals surface area contributed by atoms with Gasteiger partial charge in [-0.1, -0.05) is 0 Å². The second-order valence-corrected chi connectivity index (χ2v) is 8.15. The molecule has 13 nitrogen and oxygen atoms in total. The molecule has 0 amide bonds. The first-order chi connectivity index (χ1) is 16.3. The number of carbonyl (C=O) groups is 3. The Morgan fingerprint density at radius 2 is 2.00 bits per heavy atom. The van der Waals surface area contributed by atoms with Crippen LogP contribution in [0, 0.1) is 0 Å². The Labute approximate surface area is 194 Å². The molecular formula is C21H27N5O8. The molecule has 2 aliphatic rings. The molecule has 13 heteroatoms. The van der Waals surface area contributed by atoms with Gasteiger partial charge in [-0.05, 0) is 13.3 Å². The first kappa shape index (κ1) is 24.0. The van der Waals surface area contributed by atoms with Gasteiger partial charge in [0.1, 0.15) is 36.4 Å². The van der Waals surface area contributed by atoms with Crippen LogP contribution in [0.1, 0.15) is 45.8 Å². The van der Waals surface area contributed by atoms with Crippen molar-refractivity contribution in [3.8, 4) is 0 Å². The van der Waals surface area contributed by atoms with Gasteiger partial charge in [0.25, 0.3) is 0 Å². The van der Waals surface area contributed by atoms with Crippen molar-refractivity contribution in [2.24, 2.45) is 0 Å². The molecule has 34 heavy (non-hydrogen) atoms. The standard InChI is InChI=1S/C21H27N5O8/c1-11(27)5-6-14(29)31-8-13-17(32-12(2)28)18(34-15-4-3-7-30-15)21(33-13)26-10-25-16-19(22)23-9-24-20(16)26/h9-10,13,15,17-18,21H,3-8H2,1-2H3,(H2,22,23,24)/t13-,15?,17-,18-,21-/m1/s1. The number of Topliss-reactive ketones (excluding diaryl/α,β-unsaturated/α-hetero) is 1. The van der Waals surface area contributed by atoms with Crippen LogP contribution >= 0.6 is 0 Å². The van der Waals surface area contributed by atoms with Gasteiger partial charge in [0.15, 0.2) is 30.1 Å². The molecule has 0 bridgehead atoms. The minimum atomic E-state index is -0.913. The van der Waals surface area contributed by atoms with Crippen LogP contribution in [0.2, 0.25) is 0 Å². The van der Waals surface area contributed by atoms with E-state index in [2.05, 4.69) is 15.0 Å². The van der Waals surface area contributed by atoms with Crippen LogP contribution in [-0.4, -0.2) is 75.1 Å². The lowest BCUT2D eigenvalue weighted by atomic mass is 10.1. The number of ketones is 1. The Hall–Kier alpha value is -3.16. The van der Waals surface area contributed by atoms with Crippen molar-refractivity contribution in [1.29, 1.82) is 0 Å². The molecule has 4 heterocycles. The molecule has 0 spiro atoms. The molecule has 2 saturated heterocycles. The fourth-order valence-electron chi connectivity index (χ4n) is 3.96. The van der Waals surface area contributed by atoms with Crippen LogP contribution in [0.4, 0.5) is 5.82 Å². The lowest BCUT2D eigenvalue weighted by Gasteiger charge is -2.26. The number of hydrogen-bond donors (Lipinski definition) is 1. The second kappa shape index (κ2) is 10.4. The Kier molecular flexibility index (Phi) is 7.34. The fourth-order valence-corrected chi connectivity index (χ4v) is 3.96. The lowest BCUT2D eigenvalue weighted by molar-refractivity contribution is -0.190. The number of nitrogen functional groups attached to an aromatic ring is 1. The zero-order valence-corrected chi connectivity index (χ0v) is 18.9. The number of aromatic nitrogens is 4. The number of rotatable bonds is 9. The number of hydrogen-bond acceptors (Lipinski definition) is 12. The van der Waals surface area contributed by atoms with E-state index in [4.69, 9.17) is 29.4 Å². The Bertz CT molecular complexity index is 1050. The van der Waals surface area contributed by atoms with Crippen LogP contribution in [0.3, 0.4) is 0 Å². The van der Waals surface area contributed by atoms with Crippen molar-refractivity contribution in [1.82, 2.24) is 19.5 Å². The predicted octanol–water partition coefficient (Wildman–Crippen LogP) is 0.672. The molecule has 5 atom stereocenters. The summed E-state index contributed by atoms with van der Waals surface area (Å²) in [5.41, 5.74) is 6.70. The van der Waals surface area contributed by atoms with Crippen molar-refractivity contribution in [2.45, 2.75) is 70.4 Å². The van der Waals surface area contributed by atoms with Crippen LogP contribution in [0.5, 0.6) is 0 Å². The minimum Gasteiger partial charge on any atom is -0.463 e. The van der Waals surface area contributed by atoms with Crippen LogP contribution in [-0.2, 0) is 38.1 Å². The number of esters is 2. The smallest absolute Gasteiger partial charge is 0.306 e. The third-order valence-corrected chi connectivity index (χ3v) is 5.54. The first-order valence-corrected chi connectivity index (χ1v) is 11.0. The van der Waals surface area contributed by atoms with Gasteiger partial charge in [0, 0.05) is 26.4 Å². The summed E-state index contributed by atoms with van der Waals surface area (Å²) in [7, 11) is 0. The summed E-state index contributed by atoms with van der Waals surface area (Å²) in [6.45, 7) is 3.01. The molecule has 184 valence electrons. The van der Waals surface area contributed by atoms with E-state index in [1.54, 1.807) is 4.57 Å². The minimum absolute atomic E-state index is 0.0537. The largest absolute Gasteiger partial charge is 0.463 e. The number of fused-ring (bicyclic) bond motifs is 1. The van der Waals surface area contributed by atoms with Crippen molar-refractivity contribution < 1.29 is 38.1 Å². The van der Waals surface area contributed by atoms with Crippen LogP contribution < -0.4 is 5.73 Å². The van der Waals surface area contributed by atoms with E-state index in [1.807, 2.05) is 0 Å². The van der Waals surface area contributed by atoms with Gasteiger partial charge in [-0.2, -0.15) is 0 Å². The first-order valence-electron chi connectivity index (χ1n) is 11.0. The highest BCUT2D eigenvalue weighted by Gasteiger charge is 2.51. The molecule has 2 aromatic heterocycles. The highest BCUT2D eigenvalue weighted by atomic mass is 16.7. The summed E-state index contributed by atoms with van der Waals surface area (Å²) in [4.78, 5) is 47.6. The molecule has 1 unspecified atom stereocenters. The fraction of sp³-hybridized carbons (Fsp3) is 0.619. The SMILES string of the molecule is CC(=O)CCC(=O)OC[C@H]1O[C@@H](n2cnc3c(N)ncnc32)[C@H](OC2CCCO2)[C@@H]1OC(C)=O. The van der Waals surface area contributed by atoms with Crippen molar-refractivity contribution in [3.05, 3.63) is 12.7 Å². The number of nitrogens with zero attached hydrogens (tertiary/aromatic N) is 4. The van der Waals surface area contributed by atoms with Gasteiger partial charge in [-0.25, -0.2) is 15.0 Å². The molecule has 2 aromatic rings. The molecule has 0 radical (unpaired) electrons. The average Bonchev–Trinajstić information content (AvgIpc) is 3.52. The van der Waals surface area contributed by atoms with E-state index in [0.29, 0.717) is 24.2 Å². The summed E-state index contributed by atoms with van der Waals surface area (Å²) < 4.78 is 30.5. The maximum absolute atomic E-state index is 12.1. The van der Waals surface area contributed by atoms with Gasteiger partial charge in [0.2, 0.25) is 0 Å². The Balaban J connectivity index is 1.61. The molecular weight excluding hydrogens is 450 g/mol. The van der Waals surface area contributed by atoms with E-state index in [9.17, 15) is 14.4 Å². The number of nitrogens with two attached hydrogens (primary N) is 1. The van der Waals surface area contributed by atoms with Crippen LogP contribution in [0.15, 0.2) is 12.7 Å². The third-order valence-electron chi connectivity index (χ3n) is 5.54. The van der Waals surface area contributed by atoms with E-state index in [-0.39, 0.29) is 31.0 Å². The quantitative estimate of drug-likeness (QED) is 0.502. The summed E-state index contributed by atoms with van der Waals surface area (Å²) in [6.07, 6.45) is 0.376. The normalized spacial score (nSPS) is 26.6. The number of carbonyl (C=O) groups excluding carboxylic acids is 3. The highest BCUT2D eigenvalue weighted by Crippen LogP contribution is 2.37. The van der Waals surface area contributed by atoms with E-state index >= 15 is 0 Å². The highest BCUT2D eigenvalue weighted by molar-refractivity contribution is 5.81. The zero-order valence-electron chi connectivity index (χ0n) is 18.9. The molecule has 0 aliphatic carbocycles. The summed E-state index contributed by atoms with van der Waals surface area (Å²) in [6, 6.07) is 0. The second-order valence-electron chi connectivity index (χ2n) is 8.15. The van der Waals surface area contributed by atoms with E-state index in [1.165, 1.54) is 26.5 Å².